The predicted octanol–water partition coefficient (Wildman–Crippen LogP) is 1.64. The Labute approximate surface area is 153 Å². The quantitative estimate of drug-likeness (QED) is 0.681. The Morgan fingerprint density at radius 1 is 0.889 bits per heavy atom. The lowest BCUT2D eigenvalue weighted by molar-refractivity contribution is -0.147. The van der Waals surface area contributed by atoms with Crippen molar-refractivity contribution in [1.29, 1.82) is 0 Å². The Hall–Kier alpha value is -3.49. The van der Waals surface area contributed by atoms with E-state index in [2.05, 4.69) is 15.4 Å². The van der Waals surface area contributed by atoms with E-state index in [0.717, 1.165) is 18.2 Å². The van der Waals surface area contributed by atoms with E-state index in [-0.39, 0.29) is 12.3 Å². The number of amides is 2. The molecular weight excluding hydrogens is 362 g/mol. The lowest BCUT2D eigenvalue weighted by Crippen LogP contribution is -2.35. The highest BCUT2D eigenvalue weighted by Gasteiger charge is 2.11. The third-order valence-electron chi connectivity index (χ3n) is 3.11. The highest BCUT2D eigenvalue weighted by Crippen LogP contribution is 2.12. The number of hydrogen-bond acceptors (Lipinski definition) is 5. The summed E-state index contributed by atoms with van der Waals surface area (Å²) >= 11 is 0. The molecule has 9 heteroatoms. The lowest BCUT2D eigenvalue weighted by atomic mass is 10.3. The van der Waals surface area contributed by atoms with Crippen LogP contribution in [0.3, 0.4) is 0 Å². The standard InChI is InChI=1S/C18H16F2N2O5/c19-14-7-6-12(8-15(14)20)22-17(24)11-27-18(25)9-21-16(23)10-26-13-4-2-1-3-5-13/h1-8H,9-11H2,(H,21,23)(H,22,24). The van der Waals surface area contributed by atoms with Gasteiger partial charge < -0.3 is 20.1 Å². The van der Waals surface area contributed by atoms with Crippen molar-refractivity contribution in [2.24, 2.45) is 0 Å². The molecule has 0 saturated carbocycles. The molecule has 2 N–H and O–H groups in total. The first kappa shape index (κ1) is 19.8. The normalized spacial score (nSPS) is 10.0. The van der Waals surface area contributed by atoms with Gasteiger partial charge in [-0.2, -0.15) is 0 Å². The third-order valence-corrected chi connectivity index (χ3v) is 3.11. The van der Waals surface area contributed by atoms with Gasteiger partial charge in [-0.05, 0) is 24.3 Å². The van der Waals surface area contributed by atoms with Gasteiger partial charge in [-0.15, -0.1) is 0 Å². The average molecular weight is 378 g/mol. The second-order valence-electron chi connectivity index (χ2n) is 5.22. The Kier molecular flexibility index (Phi) is 7.24. The molecule has 0 aliphatic carbocycles. The summed E-state index contributed by atoms with van der Waals surface area (Å²) < 4.78 is 35.7. The van der Waals surface area contributed by atoms with Crippen LogP contribution in [0.15, 0.2) is 48.5 Å². The molecule has 0 spiro atoms. The van der Waals surface area contributed by atoms with E-state index in [0.29, 0.717) is 5.75 Å². The number of halogens is 2. The zero-order valence-electron chi connectivity index (χ0n) is 14.0. The fourth-order valence-corrected chi connectivity index (χ4v) is 1.86. The van der Waals surface area contributed by atoms with Crippen molar-refractivity contribution < 1.29 is 32.6 Å². The number of carbonyl (C=O) groups is 3. The number of para-hydroxylation sites is 1. The molecule has 0 fully saturated rings. The molecule has 0 heterocycles. The van der Waals surface area contributed by atoms with Crippen LogP contribution in [0.5, 0.6) is 5.75 Å². The van der Waals surface area contributed by atoms with E-state index in [1.54, 1.807) is 30.3 Å². The minimum absolute atomic E-state index is 0.0151. The van der Waals surface area contributed by atoms with Crippen molar-refractivity contribution >= 4 is 23.5 Å². The molecule has 2 aromatic rings. The van der Waals surface area contributed by atoms with Crippen molar-refractivity contribution in [3.63, 3.8) is 0 Å². The van der Waals surface area contributed by atoms with Crippen molar-refractivity contribution in [2.75, 3.05) is 25.1 Å². The van der Waals surface area contributed by atoms with Crippen molar-refractivity contribution in [2.45, 2.75) is 0 Å². The van der Waals surface area contributed by atoms with E-state index in [9.17, 15) is 23.2 Å². The number of esters is 1. The van der Waals surface area contributed by atoms with Gasteiger partial charge in [0.25, 0.3) is 11.8 Å². The fraction of sp³-hybridized carbons (Fsp3) is 0.167. The number of ether oxygens (including phenoxy) is 2. The number of carbonyl (C=O) groups excluding carboxylic acids is 3. The van der Waals surface area contributed by atoms with Gasteiger partial charge in [0.05, 0.1) is 0 Å². The maximum Gasteiger partial charge on any atom is 0.325 e. The summed E-state index contributed by atoms with van der Waals surface area (Å²) in [6, 6.07) is 11.4. The van der Waals surface area contributed by atoms with Crippen LogP contribution in [0.4, 0.5) is 14.5 Å². The smallest absolute Gasteiger partial charge is 0.325 e. The first-order chi connectivity index (χ1) is 12.9. The zero-order valence-corrected chi connectivity index (χ0v) is 14.0. The topological polar surface area (TPSA) is 93.7 Å². The van der Waals surface area contributed by atoms with Gasteiger partial charge in [0.1, 0.15) is 12.3 Å². The van der Waals surface area contributed by atoms with Gasteiger partial charge in [0.2, 0.25) is 0 Å². The van der Waals surface area contributed by atoms with E-state index >= 15 is 0 Å². The van der Waals surface area contributed by atoms with Gasteiger partial charge in [0.15, 0.2) is 24.8 Å². The zero-order chi connectivity index (χ0) is 19.6. The molecule has 7 nitrogen and oxygen atoms in total. The summed E-state index contributed by atoms with van der Waals surface area (Å²) in [5, 5.41) is 4.52. The SMILES string of the molecule is O=C(COc1ccccc1)NCC(=O)OCC(=O)Nc1ccc(F)c(F)c1. The largest absolute Gasteiger partial charge is 0.484 e. The van der Waals surface area contributed by atoms with Crippen LogP contribution in [0.25, 0.3) is 0 Å². The molecule has 27 heavy (non-hydrogen) atoms. The van der Waals surface area contributed by atoms with E-state index < -0.39 is 42.6 Å². The number of rotatable bonds is 8. The van der Waals surface area contributed by atoms with Crippen LogP contribution >= 0.6 is 0 Å². The summed E-state index contributed by atoms with van der Waals surface area (Å²) in [4.78, 5) is 34.7. The number of benzene rings is 2. The van der Waals surface area contributed by atoms with E-state index in [4.69, 9.17) is 4.74 Å². The molecule has 0 aliphatic rings. The average Bonchev–Trinajstić information content (AvgIpc) is 2.67. The van der Waals surface area contributed by atoms with Gasteiger partial charge >= 0.3 is 5.97 Å². The first-order valence-corrected chi connectivity index (χ1v) is 7.79. The Morgan fingerprint density at radius 2 is 1.63 bits per heavy atom. The van der Waals surface area contributed by atoms with Crippen molar-refractivity contribution in [1.82, 2.24) is 5.32 Å². The third kappa shape index (κ3) is 7.10. The van der Waals surface area contributed by atoms with Crippen LogP contribution in [-0.2, 0) is 19.1 Å². The van der Waals surface area contributed by atoms with Crippen LogP contribution in [0.1, 0.15) is 0 Å². The fourth-order valence-electron chi connectivity index (χ4n) is 1.86. The summed E-state index contributed by atoms with van der Waals surface area (Å²) in [5.74, 6) is -3.79. The number of nitrogens with one attached hydrogen (secondary N) is 2. The molecule has 0 atom stereocenters. The maximum atomic E-state index is 13.0. The summed E-state index contributed by atoms with van der Waals surface area (Å²) in [7, 11) is 0. The lowest BCUT2D eigenvalue weighted by Gasteiger charge is -2.08. The van der Waals surface area contributed by atoms with Crippen LogP contribution in [-0.4, -0.2) is 37.5 Å². The molecule has 0 aromatic heterocycles. The van der Waals surface area contributed by atoms with Gasteiger partial charge in [-0.3, -0.25) is 14.4 Å². The molecule has 0 radical (unpaired) electrons. The van der Waals surface area contributed by atoms with Crippen LogP contribution in [0, 0.1) is 11.6 Å². The number of hydrogen-bond donors (Lipinski definition) is 2. The van der Waals surface area contributed by atoms with Crippen LogP contribution < -0.4 is 15.4 Å². The Morgan fingerprint density at radius 3 is 2.33 bits per heavy atom. The molecule has 2 amide bonds. The van der Waals surface area contributed by atoms with E-state index in [1.807, 2.05) is 0 Å². The highest BCUT2D eigenvalue weighted by atomic mass is 19.2. The van der Waals surface area contributed by atoms with Crippen molar-refractivity contribution in [3.8, 4) is 5.75 Å². The minimum atomic E-state index is -1.12. The molecule has 142 valence electrons. The summed E-state index contributed by atoms with van der Waals surface area (Å²) in [5.41, 5.74) is 0.0151. The van der Waals surface area contributed by atoms with Crippen LogP contribution in [0.2, 0.25) is 0 Å². The highest BCUT2D eigenvalue weighted by molar-refractivity contribution is 5.93. The molecule has 0 bridgehead atoms. The monoisotopic (exact) mass is 378 g/mol. The Balaban J connectivity index is 1.64. The Bertz CT molecular complexity index is 815. The summed E-state index contributed by atoms with van der Waals surface area (Å²) in [6.07, 6.45) is 0. The molecular formula is C18H16F2N2O5. The van der Waals surface area contributed by atoms with Gasteiger partial charge in [-0.25, -0.2) is 8.78 Å². The summed E-state index contributed by atoms with van der Waals surface area (Å²) in [6.45, 7) is -1.38. The van der Waals surface area contributed by atoms with Crippen molar-refractivity contribution in [3.05, 3.63) is 60.2 Å². The minimum Gasteiger partial charge on any atom is -0.484 e. The van der Waals surface area contributed by atoms with Gasteiger partial charge in [-0.1, -0.05) is 18.2 Å². The maximum absolute atomic E-state index is 13.0. The molecule has 2 rings (SSSR count). The molecule has 0 aliphatic heterocycles. The second-order valence-corrected chi connectivity index (χ2v) is 5.22. The molecule has 2 aromatic carbocycles. The van der Waals surface area contributed by atoms with Gasteiger partial charge in [0, 0.05) is 11.8 Å². The molecule has 0 saturated heterocycles. The number of anilines is 1. The first-order valence-electron chi connectivity index (χ1n) is 7.79. The second kappa shape index (κ2) is 9.85. The molecule has 0 unspecified atom stereocenters. The van der Waals surface area contributed by atoms with E-state index in [1.165, 1.54) is 0 Å². The predicted molar refractivity (Wildman–Crippen MR) is 90.9 cm³/mol.